The number of amides is 1. The van der Waals surface area contributed by atoms with Gasteiger partial charge in [0.1, 0.15) is 4.88 Å². The van der Waals surface area contributed by atoms with Crippen molar-refractivity contribution in [3.63, 3.8) is 0 Å². The van der Waals surface area contributed by atoms with Crippen LogP contribution >= 0.6 is 35.1 Å². The number of piperidine rings is 1. The molecule has 5 nitrogen and oxygen atoms in total. The molecule has 3 heterocycles. The van der Waals surface area contributed by atoms with Crippen LogP contribution < -0.4 is 10.6 Å². The van der Waals surface area contributed by atoms with Gasteiger partial charge in [-0.1, -0.05) is 30.3 Å². The van der Waals surface area contributed by atoms with E-state index in [-0.39, 0.29) is 18.3 Å². The molecule has 4 rings (SSSR count). The molecule has 0 saturated carbocycles. The van der Waals surface area contributed by atoms with Gasteiger partial charge in [0, 0.05) is 17.5 Å². The summed E-state index contributed by atoms with van der Waals surface area (Å²) in [6, 6.07) is 10.2. The first-order valence-corrected chi connectivity index (χ1v) is 10.4. The SMILES string of the molecule is Cl.O=C(Nc1ncc(C2CCNCC2)s1)c1cnc(Cc2ccccc2)s1. The van der Waals surface area contributed by atoms with Crippen molar-refractivity contribution in [2.45, 2.75) is 25.2 Å². The molecule has 142 valence electrons. The van der Waals surface area contributed by atoms with Gasteiger partial charge in [0.2, 0.25) is 0 Å². The molecule has 1 aliphatic rings. The summed E-state index contributed by atoms with van der Waals surface area (Å²) in [7, 11) is 0. The van der Waals surface area contributed by atoms with Crippen molar-refractivity contribution < 1.29 is 4.79 Å². The van der Waals surface area contributed by atoms with Crippen LogP contribution in [0.4, 0.5) is 5.13 Å². The minimum absolute atomic E-state index is 0. The van der Waals surface area contributed by atoms with Gasteiger partial charge in [-0.05, 0) is 37.4 Å². The summed E-state index contributed by atoms with van der Waals surface area (Å²) in [6.07, 6.45) is 6.57. The highest BCUT2D eigenvalue weighted by molar-refractivity contribution is 7.16. The fourth-order valence-corrected chi connectivity index (χ4v) is 4.89. The first-order chi connectivity index (χ1) is 12.8. The quantitative estimate of drug-likeness (QED) is 0.644. The number of hydrogen-bond donors (Lipinski definition) is 2. The molecule has 0 spiro atoms. The molecule has 2 aromatic heterocycles. The van der Waals surface area contributed by atoms with E-state index < -0.39 is 0 Å². The molecular weight excluding hydrogens is 400 g/mol. The van der Waals surface area contributed by atoms with E-state index in [4.69, 9.17) is 0 Å². The Kier molecular flexibility index (Phi) is 6.95. The summed E-state index contributed by atoms with van der Waals surface area (Å²) < 4.78 is 0. The lowest BCUT2D eigenvalue weighted by atomic mass is 9.97. The molecule has 27 heavy (non-hydrogen) atoms. The fourth-order valence-electron chi connectivity index (χ4n) is 3.07. The van der Waals surface area contributed by atoms with Crippen LogP contribution in [0.25, 0.3) is 0 Å². The molecule has 0 atom stereocenters. The van der Waals surface area contributed by atoms with Crippen LogP contribution in [-0.4, -0.2) is 29.0 Å². The van der Waals surface area contributed by atoms with Gasteiger partial charge < -0.3 is 5.32 Å². The Morgan fingerprint density at radius 2 is 1.89 bits per heavy atom. The van der Waals surface area contributed by atoms with Crippen LogP contribution in [0.1, 0.15) is 43.9 Å². The van der Waals surface area contributed by atoms with E-state index in [1.54, 1.807) is 17.5 Å². The maximum Gasteiger partial charge on any atom is 0.269 e. The number of nitrogens with one attached hydrogen (secondary N) is 2. The van der Waals surface area contributed by atoms with Gasteiger partial charge in [0.15, 0.2) is 5.13 Å². The maximum atomic E-state index is 12.5. The summed E-state index contributed by atoms with van der Waals surface area (Å²) in [4.78, 5) is 23.1. The van der Waals surface area contributed by atoms with Crippen molar-refractivity contribution in [2.24, 2.45) is 0 Å². The van der Waals surface area contributed by atoms with Gasteiger partial charge in [0.05, 0.1) is 11.2 Å². The zero-order valence-corrected chi connectivity index (χ0v) is 17.1. The molecule has 2 N–H and O–H groups in total. The van der Waals surface area contributed by atoms with Crippen molar-refractivity contribution in [3.05, 3.63) is 63.1 Å². The predicted molar refractivity (Wildman–Crippen MR) is 114 cm³/mol. The van der Waals surface area contributed by atoms with Gasteiger partial charge >= 0.3 is 0 Å². The molecule has 1 amide bonds. The second kappa shape index (κ2) is 9.41. The maximum absolute atomic E-state index is 12.5. The fraction of sp³-hybridized carbons (Fsp3) is 0.316. The Morgan fingerprint density at radius 1 is 1.11 bits per heavy atom. The van der Waals surface area contributed by atoms with Gasteiger partial charge in [-0.25, -0.2) is 9.97 Å². The normalized spacial score (nSPS) is 14.5. The van der Waals surface area contributed by atoms with Gasteiger partial charge in [-0.2, -0.15) is 0 Å². The van der Waals surface area contributed by atoms with E-state index in [0.717, 1.165) is 37.4 Å². The van der Waals surface area contributed by atoms with Crippen molar-refractivity contribution in [3.8, 4) is 0 Å². The number of benzene rings is 1. The topological polar surface area (TPSA) is 66.9 Å². The van der Waals surface area contributed by atoms with E-state index in [1.807, 2.05) is 24.4 Å². The number of nitrogens with zero attached hydrogens (tertiary/aromatic N) is 2. The first-order valence-electron chi connectivity index (χ1n) is 8.74. The molecule has 0 radical (unpaired) electrons. The van der Waals surface area contributed by atoms with E-state index >= 15 is 0 Å². The summed E-state index contributed by atoms with van der Waals surface area (Å²) >= 11 is 3.02. The summed E-state index contributed by atoms with van der Waals surface area (Å²) in [5, 5.41) is 7.90. The van der Waals surface area contributed by atoms with E-state index in [0.29, 0.717) is 15.9 Å². The number of aromatic nitrogens is 2. The molecule has 1 aliphatic heterocycles. The number of carbonyl (C=O) groups is 1. The number of hydrogen-bond acceptors (Lipinski definition) is 6. The number of rotatable bonds is 5. The third kappa shape index (κ3) is 5.13. The van der Waals surface area contributed by atoms with E-state index in [1.165, 1.54) is 21.8 Å². The van der Waals surface area contributed by atoms with Crippen molar-refractivity contribution in [2.75, 3.05) is 18.4 Å². The summed E-state index contributed by atoms with van der Waals surface area (Å²) in [6.45, 7) is 2.10. The zero-order valence-electron chi connectivity index (χ0n) is 14.7. The van der Waals surface area contributed by atoms with E-state index in [9.17, 15) is 4.79 Å². The van der Waals surface area contributed by atoms with Crippen molar-refractivity contribution in [1.29, 1.82) is 0 Å². The van der Waals surface area contributed by atoms with Crippen LogP contribution in [0.15, 0.2) is 42.7 Å². The lowest BCUT2D eigenvalue weighted by Crippen LogP contribution is -2.26. The predicted octanol–water partition coefficient (Wildman–Crippen LogP) is 4.33. The summed E-state index contributed by atoms with van der Waals surface area (Å²) in [5.41, 5.74) is 1.19. The van der Waals surface area contributed by atoms with Gasteiger partial charge in [0.25, 0.3) is 5.91 Å². The third-order valence-corrected chi connectivity index (χ3v) is 6.53. The number of halogens is 1. The monoisotopic (exact) mass is 420 g/mol. The smallest absolute Gasteiger partial charge is 0.269 e. The van der Waals surface area contributed by atoms with Crippen LogP contribution in [0.3, 0.4) is 0 Å². The standard InChI is InChI=1S/C19H20N4OS2.ClH/c24-18(16-12-21-17(25-16)10-13-4-2-1-3-5-13)23-19-22-11-15(26-19)14-6-8-20-9-7-14;/h1-5,11-12,14,20H,6-10H2,(H,22,23,24);1H. The van der Waals surface area contributed by atoms with Crippen molar-refractivity contribution >= 4 is 46.1 Å². The minimum atomic E-state index is -0.131. The molecule has 0 unspecified atom stereocenters. The Balaban J connectivity index is 0.00000210. The molecular formula is C19H21ClN4OS2. The van der Waals surface area contributed by atoms with Crippen LogP contribution in [-0.2, 0) is 6.42 Å². The van der Waals surface area contributed by atoms with E-state index in [2.05, 4.69) is 32.7 Å². The highest BCUT2D eigenvalue weighted by atomic mass is 35.5. The molecule has 1 fully saturated rings. The van der Waals surface area contributed by atoms with Crippen molar-refractivity contribution in [1.82, 2.24) is 15.3 Å². The third-order valence-electron chi connectivity index (χ3n) is 4.46. The van der Waals surface area contributed by atoms with Crippen LogP contribution in [0.2, 0.25) is 0 Å². The molecule has 3 aromatic rings. The average Bonchev–Trinajstić information content (AvgIpc) is 3.33. The Hall–Kier alpha value is -1.80. The molecule has 8 heteroatoms. The molecule has 1 saturated heterocycles. The Morgan fingerprint density at radius 3 is 2.67 bits per heavy atom. The lowest BCUT2D eigenvalue weighted by molar-refractivity contribution is 0.103. The minimum Gasteiger partial charge on any atom is -0.317 e. The number of thiazole rings is 2. The highest BCUT2D eigenvalue weighted by Crippen LogP contribution is 2.32. The molecule has 0 bridgehead atoms. The average molecular weight is 421 g/mol. The lowest BCUT2D eigenvalue weighted by Gasteiger charge is -2.20. The molecule has 0 aliphatic carbocycles. The Bertz CT molecular complexity index is 875. The highest BCUT2D eigenvalue weighted by Gasteiger charge is 2.19. The number of anilines is 1. The summed E-state index contributed by atoms with van der Waals surface area (Å²) in [5.74, 6) is 0.424. The first kappa shape index (κ1) is 19.9. The Labute approximate surface area is 172 Å². The van der Waals surface area contributed by atoms with Gasteiger partial charge in [-0.15, -0.1) is 35.1 Å². The van der Waals surface area contributed by atoms with Crippen LogP contribution in [0.5, 0.6) is 0 Å². The zero-order chi connectivity index (χ0) is 17.8. The number of carbonyl (C=O) groups excluding carboxylic acids is 1. The van der Waals surface area contributed by atoms with Crippen LogP contribution in [0, 0.1) is 0 Å². The molecule has 1 aromatic carbocycles. The second-order valence-electron chi connectivity index (χ2n) is 6.33. The van der Waals surface area contributed by atoms with Gasteiger partial charge in [-0.3, -0.25) is 10.1 Å². The second-order valence-corrected chi connectivity index (χ2v) is 8.50. The largest absolute Gasteiger partial charge is 0.317 e.